The monoisotopic (exact) mass is 375 g/mol. The van der Waals surface area contributed by atoms with E-state index in [1.54, 1.807) is 19.2 Å². The molecule has 1 N–H and O–H groups in total. The van der Waals surface area contributed by atoms with E-state index >= 15 is 0 Å². The highest BCUT2D eigenvalue weighted by atomic mass is 16.5. The van der Waals surface area contributed by atoms with E-state index < -0.39 is 0 Å². The molecule has 0 bridgehead atoms. The molecule has 3 aromatic heterocycles. The summed E-state index contributed by atoms with van der Waals surface area (Å²) in [6.07, 6.45) is 1.86. The first-order valence-electron chi connectivity index (χ1n) is 8.98. The number of aromatic nitrogens is 2. The third kappa shape index (κ3) is 3.26. The molecular formula is C21H21N5O2. The van der Waals surface area contributed by atoms with E-state index in [2.05, 4.69) is 16.3 Å². The van der Waals surface area contributed by atoms with Gasteiger partial charge in [-0.1, -0.05) is 0 Å². The number of likely N-dealkylation sites (N-methyl/N-ethyl adjacent to an activating group) is 1. The predicted molar refractivity (Wildman–Crippen MR) is 109 cm³/mol. The lowest BCUT2D eigenvalue weighted by Gasteiger charge is -2.12. The smallest absolute Gasteiger partial charge is 0.157 e. The number of methoxy groups -OCH3 is 1. The number of fused-ring (bicyclic) bond motifs is 2. The van der Waals surface area contributed by atoms with Crippen LogP contribution in [0.1, 0.15) is 5.56 Å². The molecule has 0 atom stereocenters. The highest BCUT2D eigenvalue weighted by molar-refractivity contribution is 5.86. The normalized spacial score (nSPS) is 11.2. The van der Waals surface area contributed by atoms with E-state index in [9.17, 15) is 5.26 Å². The van der Waals surface area contributed by atoms with Gasteiger partial charge in [0, 0.05) is 24.7 Å². The fourth-order valence-electron chi connectivity index (χ4n) is 3.12. The van der Waals surface area contributed by atoms with Crippen LogP contribution >= 0.6 is 0 Å². The minimum atomic E-state index is 0.568. The summed E-state index contributed by atoms with van der Waals surface area (Å²) in [4.78, 5) is 6.85. The Morgan fingerprint density at radius 1 is 1.25 bits per heavy atom. The molecule has 0 saturated heterocycles. The number of hydrogen-bond donors (Lipinski definition) is 1. The first-order valence-corrected chi connectivity index (χ1v) is 8.98. The molecule has 0 aliphatic rings. The predicted octanol–water partition coefficient (Wildman–Crippen LogP) is 3.60. The number of nitriles is 1. The molecular weight excluding hydrogens is 354 g/mol. The minimum Gasteiger partial charge on any atom is -0.497 e. The Hall–Kier alpha value is -3.50. The van der Waals surface area contributed by atoms with Gasteiger partial charge in [-0.25, -0.2) is 4.98 Å². The van der Waals surface area contributed by atoms with E-state index in [1.165, 1.54) is 0 Å². The summed E-state index contributed by atoms with van der Waals surface area (Å²) in [5.41, 5.74) is 2.74. The zero-order valence-corrected chi connectivity index (χ0v) is 16.1. The fraction of sp³-hybridized carbons (Fsp3) is 0.238. The minimum absolute atomic E-state index is 0.568. The fourth-order valence-corrected chi connectivity index (χ4v) is 3.12. The summed E-state index contributed by atoms with van der Waals surface area (Å²) in [6.45, 7) is 1.63. The van der Waals surface area contributed by atoms with Crippen molar-refractivity contribution in [2.45, 2.75) is 0 Å². The SMILES string of the molecule is COc1ccc2oc(-c3nc4cc(C#N)ccn4c3NCCN(C)C)cc2c1. The molecule has 0 aliphatic carbocycles. The van der Waals surface area contributed by atoms with E-state index in [0.29, 0.717) is 22.7 Å². The summed E-state index contributed by atoms with van der Waals surface area (Å²) in [6, 6.07) is 13.4. The number of imidazole rings is 1. The number of nitrogens with one attached hydrogen (secondary N) is 1. The topological polar surface area (TPSA) is 78.7 Å². The molecule has 142 valence electrons. The molecule has 7 heteroatoms. The Kier molecular flexibility index (Phi) is 4.63. The molecule has 4 aromatic rings. The van der Waals surface area contributed by atoms with Gasteiger partial charge in [-0.2, -0.15) is 5.26 Å². The number of furan rings is 1. The first kappa shape index (κ1) is 17.9. The average Bonchev–Trinajstić information content (AvgIpc) is 3.27. The summed E-state index contributed by atoms with van der Waals surface area (Å²) in [5, 5.41) is 13.6. The number of ether oxygens (including phenoxy) is 1. The lowest BCUT2D eigenvalue weighted by Crippen LogP contribution is -2.21. The molecule has 1 aromatic carbocycles. The Morgan fingerprint density at radius 2 is 2.11 bits per heavy atom. The van der Waals surface area contributed by atoms with Crippen molar-refractivity contribution in [2.24, 2.45) is 0 Å². The van der Waals surface area contributed by atoms with Crippen LogP contribution < -0.4 is 10.1 Å². The van der Waals surface area contributed by atoms with Crippen molar-refractivity contribution < 1.29 is 9.15 Å². The van der Waals surface area contributed by atoms with Gasteiger partial charge in [0.1, 0.15) is 28.5 Å². The third-order valence-corrected chi connectivity index (χ3v) is 4.56. The van der Waals surface area contributed by atoms with Crippen molar-refractivity contribution in [1.29, 1.82) is 5.26 Å². The van der Waals surface area contributed by atoms with Crippen LogP contribution in [-0.4, -0.2) is 48.6 Å². The van der Waals surface area contributed by atoms with Gasteiger partial charge in [-0.15, -0.1) is 0 Å². The van der Waals surface area contributed by atoms with Gasteiger partial charge >= 0.3 is 0 Å². The molecule has 0 unspecified atom stereocenters. The van der Waals surface area contributed by atoms with Crippen molar-refractivity contribution in [3.63, 3.8) is 0 Å². The Bertz CT molecular complexity index is 1180. The Morgan fingerprint density at radius 3 is 2.86 bits per heavy atom. The molecule has 0 amide bonds. The molecule has 3 heterocycles. The number of benzene rings is 1. The van der Waals surface area contributed by atoms with Crippen LogP contribution in [0.4, 0.5) is 5.82 Å². The second-order valence-electron chi connectivity index (χ2n) is 6.81. The lowest BCUT2D eigenvalue weighted by molar-refractivity contribution is 0.415. The molecule has 28 heavy (non-hydrogen) atoms. The van der Waals surface area contributed by atoms with Gasteiger partial charge < -0.3 is 19.4 Å². The maximum Gasteiger partial charge on any atom is 0.157 e. The molecule has 0 fully saturated rings. The van der Waals surface area contributed by atoms with Crippen molar-refractivity contribution in [2.75, 3.05) is 39.6 Å². The van der Waals surface area contributed by atoms with E-state index in [4.69, 9.17) is 14.1 Å². The number of pyridine rings is 1. The lowest BCUT2D eigenvalue weighted by atomic mass is 10.2. The van der Waals surface area contributed by atoms with Gasteiger partial charge in [-0.05, 0) is 50.5 Å². The van der Waals surface area contributed by atoms with Crippen molar-refractivity contribution in [3.05, 3.63) is 48.2 Å². The second kappa shape index (κ2) is 7.25. The van der Waals surface area contributed by atoms with E-state index in [1.807, 2.05) is 49.0 Å². The summed E-state index contributed by atoms with van der Waals surface area (Å²) >= 11 is 0. The molecule has 4 rings (SSSR count). The summed E-state index contributed by atoms with van der Waals surface area (Å²) in [7, 11) is 5.70. The maximum absolute atomic E-state index is 9.20. The van der Waals surface area contributed by atoms with Crippen LogP contribution in [0.25, 0.3) is 28.1 Å². The molecule has 0 aliphatic heterocycles. The second-order valence-corrected chi connectivity index (χ2v) is 6.81. The van der Waals surface area contributed by atoms with E-state index in [0.717, 1.165) is 35.6 Å². The van der Waals surface area contributed by atoms with Gasteiger partial charge in [0.25, 0.3) is 0 Å². The molecule has 0 spiro atoms. The van der Waals surface area contributed by atoms with Crippen LogP contribution in [-0.2, 0) is 0 Å². The molecule has 0 saturated carbocycles. The highest BCUT2D eigenvalue weighted by Crippen LogP contribution is 2.34. The van der Waals surface area contributed by atoms with Gasteiger partial charge in [0.15, 0.2) is 5.76 Å². The van der Waals surface area contributed by atoms with Gasteiger partial charge in [-0.3, -0.25) is 4.40 Å². The number of nitrogens with zero attached hydrogens (tertiary/aromatic N) is 4. The van der Waals surface area contributed by atoms with Gasteiger partial charge in [0.05, 0.1) is 18.7 Å². The number of hydrogen-bond acceptors (Lipinski definition) is 6. The van der Waals surface area contributed by atoms with Crippen LogP contribution in [0, 0.1) is 11.3 Å². The van der Waals surface area contributed by atoms with Crippen LogP contribution in [0.5, 0.6) is 5.75 Å². The summed E-state index contributed by atoms with van der Waals surface area (Å²) < 4.78 is 13.3. The zero-order chi connectivity index (χ0) is 19.7. The quantitative estimate of drug-likeness (QED) is 0.555. The summed E-state index contributed by atoms with van der Waals surface area (Å²) in [5.74, 6) is 2.28. The first-order chi connectivity index (χ1) is 13.6. The number of anilines is 1. The highest BCUT2D eigenvalue weighted by Gasteiger charge is 2.18. The van der Waals surface area contributed by atoms with Crippen LogP contribution in [0.2, 0.25) is 0 Å². The molecule has 0 radical (unpaired) electrons. The zero-order valence-electron chi connectivity index (χ0n) is 16.1. The van der Waals surface area contributed by atoms with Crippen LogP contribution in [0.15, 0.2) is 47.0 Å². The largest absolute Gasteiger partial charge is 0.497 e. The number of rotatable bonds is 6. The molecule has 7 nitrogen and oxygen atoms in total. The van der Waals surface area contributed by atoms with E-state index in [-0.39, 0.29) is 0 Å². The van der Waals surface area contributed by atoms with Crippen molar-refractivity contribution in [1.82, 2.24) is 14.3 Å². The van der Waals surface area contributed by atoms with Gasteiger partial charge in [0.2, 0.25) is 0 Å². The van der Waals surface area contributed by atoms with Crippen LogP contribution in [0.3, 0.4) is 0 Å². The average molecular weight is 375 g/mol. The van der Waals surface area contributed by atoms with Crippen molar-refractivity contribution >= 4 is 22.4 Å². The van der Waals surface area contributed by atoms with Crippen molar-refractivity contribution in [3.8, 4) is 23.3 Å². The Labute approximate surface area is 162 Å². The Balaban J connectivity index is 1.83. The standard InChI is InChI=1S/C21H21N5O2/c1-25(2)9-7-23-21-20(24-19-10-14(13-22)6-8-26(19)21)18-12-15-11-16(27-3)4-5-17(15)28-18/h4-6,8,10-12,23H,7,9H2,1-3H3. The maximum atomic E-state index is 9.20. The third-order valence-electron chi connectivity index (χ3n) is 4.56.